The van der Waals surface area contributed by atoms with Gasteiger partial charge in [-0.3, -0.25) is 14.8 Å². The van der Waals surface area contributed by atoms with Crippen molar-refractivity contribution in [3.63, 3.8) is 0 Å². The molecule has 4 aromatic carbocycles. The van der Waals surface area contributed by atoms with E-state index in [0.717, 1.165) is 22.6 Å². The van der Waals surface area contributed by atoms with E-state index in [1.807, 2.05) is 60.7 Å². The van der Waals surface area contributed by atoms with Gasteiger partial charge in [-0.1, -0.05) is 48.5 Å². The molecule has 0 unspecified atom stereocenters. The predicted molar refractivity (Wildman–Crippen MR) is 138 cm³/mol. The van der Waals surface area contributed by atoms with E-state index in [9.17, 15) is 9.59 Å². The van der Waals surface area contributed by atoms with Crippen molar-refractivity contribution in [2.75, 3.05) is 11.5 Å². The molecule has 8 heteroatoms. The van der Waals surface area contributed by atoms with Crippen LogP contribution in [0.4, 0.5) is 17.1 Å². The third kappa shape index (κ3) is 6.34. The number of hydrogen-bond acceptors (Lipinski definition) is 6. The number of amides is 2. The van der Waals surface area contributed by atoms with Crippen molar-refractivity contribution >= 4 is 35.1 Å². The zero-order valence-electron chi connectivity index (χ0n) is 19.2. The second kappa shape index (κ2) is 12.0. The van der Waals surface area contributed by atoms with Gasteiger partial charge in [0.1, 0.15) is 5.75 Å². The highest BCUT2D eigenvalue weighted by Gasteiger charge is 2.11. The Hall–Kier alpha value is -4.95. The lowest BCUT2D eigenvalue weighted by molar-refractivity contribution is -0.131. The molecule has 2 amide bonds. The maximum absolute atomic E-state index is 12.3. The van der Waals surface area contributed by atoms with Crippen LogP contribution in [0.2, 0.25) is 0 Å². The molecule has 0 aliphatic rings. The van der Waals surface area contributed by atoms with Crippen LogP contribution in [0.25, 0.3) is 0 Å². The van der Waals surface area contributed by atoms with Gasteiger partial charge in [0.25, 0.3) is 11.8 Å². The Bertz CT molecular complexity index is 1270. The van der Waals surface area contributed by atoms with Crippen LogP contribution in [-0.2, 0) is 4.79 Å². The lowest BCUT2D eigenvalue weighted by atomic mass is 10.1. The molecular weight excluding hydrogens is 456 g/mol. The Morgan fingerprint density at radius 3 is 1.89 bits per heavy atom. The maximum atomic E-state index is 12.3. The fourth-order valence-corrected chi connectivity index (χ4v) is 3.42. The van der Waals surface area contributed by atoms with Gasteiger partial charge >= 0.3 is 0 Å². The summed E-state index contributed by atoms with van der Waals surface area (Å²) in [7, 11) is 0. The van der Waals surface area contributed by atoms with Crippen LogP contribution < -0.4 is 20.5 Å². The minimum Gasteiger partial charge on any atom is -0.484 e. The van der Waals surface area contributed by atoms with Gasteiger partial charge in [-0.15, -0.1) is 0 Å². The molecular formula is C28H24N4O4. The summed E-state index contributed by atoms with van der Waals surface area (Å²) in [5.74, 6) is -0.673. The molecule has 0 saturated carbocycles. The van der Waals surface area contributed by atoms with E-state index in [2.05, 4.69) is 39.7 Å². The summed E-state index contributed by atoms with van der Waals surface area (Å²) in [4.78, 5) is 25.5. The Labute approximate surface area is 208 Å². The molecule has 0 bridgehead atoms. The fourth-order valence-electron chi connectivity index (χ4n) is 3.42. The first kappa shape index (κ1) is 24.2. The number of carbonyl (C=O) groups is 2. The molecule has 0 atom stereocenters. The van der Waals surface area contributed by atoms with E-state index in [-0.39, 0.29) is 12.5 Å². The highest BCUT2D eigenvalue weighted by atomic mass is 16.5. The average Bonchev–Trinajstić information content (AvgIpc) is 2.94. The predicted octanol–water partition coefficient (Wildman–Crippen LogP) is 4.80. The van der Waals surface area contributed by atoms with Gasteiger partial charge in [-0.2, -0.15) is 5.10 Å². The Morgan fingerprint density at radius 2 is 1.33 bits per heavy atom. The summed E-state index contributed by atoms with van der Waals surface area (Å²) >= 11 is 0. The Morgan fingerprint density at radius 1 is 0.778 bits per heavy atom. The number of anilines is 3. The zero-order valence-corrected chi connectivity index (χ0v) is 19.2. The van der Waals surface area contributed by atoms with Crippen LogP contribution in [0, 0.1) is 0 Å². The second-order valence-electron chi connectivity index (χ2n) is 7.65. The summed E-state index contributed by atoms with van der Waals surface area (Å²) < 4.78 is 5.18. The zero-order chi connectivity index (χ0) is 25.2. The summed E-state index contributed by atoms with van der Waals surface area (Å²) in [6.07, 6.45) is 1.57. The van der Waals surface area contributed by atoms with Gasteiger partial charge in [0.05, 0.1) is 6.21 Å². The molecule has 0 radical (unpaired) electrons. The normalized spacial score (nSPS) is 10.6. The van der Waals surface area contributed by atoms with Gasteiger partial charge in [0, 0.05) is 22.6 Å². The first-order chi connectivity index (χ1) is 17.6. The molecule has 180 valence electrons. The number of nitrogens with one attached hydrogen (secondary N) is 2. The van der Waals surface area contributed by atoms with Crippen LogP contribution in [-0.4, -0.2) is 29.8 Å². The minimum absolute atomic E-state index is 0.334. The van der Waals surface area contributed by atoms with E-state index < -0.39 is 5.91 Å². The lowest BCUT2D eigenvalue weighted by Gasteiger charge is -2.25. The molecule has 36 heavy (non-hydrogen) atoms. The third-order valence-electron chi connectivity index (χ3n) is 5.17. The molecule has 0 aromatic heterocycles. The van der Waals surface area contributed by atoms with Crippen LogP contribution >= 0.6 is 0 Å². The Kier molecular flexibility index (Phi) is 8.03. The lowest BCUT2D eigenvalue weighted by Crippen LogP contribution is -2.25. The van der Waals surface area contributed by atoms with Crippen molar-refractivity contribution < 1.29 is 19.5 Å². The number of nitrogens with zero attached hydrogens (tertiary/aromatic N) is 2. The van der Waals surface area contributed by atoms with E-state index in [0.29, 0.717) is 11.3 Å². The number of hydroxylamine groups is 1. The first-order valence-electron chi connectivity index (χ1n) is 11.1. The van der Waals surface area contributed by atoms with Gasteiger partial charge < -0.3 is 9.64 Å². The minimum atomic E-state index is -0.674. The maximum Gasteiger partial charge on any atom is 0.281 e. The summed E-state index contributed by atoms with van der Waals surface area (Å²) in [5, 5.41) is 12.5. The summed E-state index contributed by atoms with van der Waals surface area (Å²) in [6, 6.07) is 34.3. The first-order valence-corrected chi connectivity index (χ1v) is 11.1. The standard InChI is InChI=1S/C28H24N4O4/c33-27(31-35)20-36-26-17-13-22(14-18-26)28(34)30-29-19-21-11-15-25(16-12-21)32(23-7-3-1-4-8-23)24-9-5-2-6-10-24/h1-19,35H,20H2,(H,30,34)(H,31,33)/b29-19+. The quantitative estimate of drug-likeness (QED) is 0.181. The van der Waals surface area contributed by atoms with Crippen molar-refractivity contribution in [1.29, 1.82) is 0 Å². The van der Waals surface area contributed by atoms with E-state index in [1.165, 1.54) is 5.48 Å². The van der Waals surface area contributed by atoms with Gasteiger partial charge in [0.15, 0.2) is 6.61 Å². The van der Waals surface area contributed by atoms with Crippen LogP contribution in [0.5, 0.6) is 5.75 Å². The van der Waals surface area contributed by atoms with Crippen molar-refractivity contribution in [2.45, 2.75) is 0 Å². The largest absolute Gasteiger partial charge is 0.484 e. The van der Waals surface area contributed by atoms with Crippen LogP contribution in [0.15, 0.2) is 114 Å². The van der Waals surface area contributed by atoms with Crippen molar-refractivity contribution in [2.24, 2.45) is 5.10 Å². The topological polar surface area (TPSA) is 103 Å². The molecule has 4 rings (SSSR count). The van der Waals surface area contributed by atoms with Gasteiger partial charge in [0.2, 0.25) is 0 Å². The number of ether oxygens (including phenoxy) is 1. The molecule has 0 aliphatic carbocycles. The van der Waals surface area contributed by atoms with Crippen molar-refractivity contribution in [3.8, 4) is 5.75 Å². The number of hydrazone groups is 1. The molecule has 0 spiro atoms. The van der Waals surface area contributed by atoms with E-state index in [4.69, 9.17) is 9.94 Å². The fraction of sp³-hybridized carbons (Fsp3) is 0.0357. The molecule has 3 N–H and O–H groups in total. The van der Waals surface area contributed by atoms with E-state index in [1.54, 1.807) is 30.5 Å². The Balaban J connectivity index is 1.39. The van der Waals surface area contributed by atoms with Crippen LogP contribution in [0.3, 0.4) is 0 Å². The molecule has 8 nitrogen and oxygen atoms in total. The molecule has 0 heterocycles. The second-order valence-corrected chi connectivity index (χ2v) is 7.65. The van der Waals surface area contributed by atoms with Crippen molar-refractivity contribution in [3.05, 3.63) is 120 Å². The van der Waals surface area contributed by atoms with Gasteiger partial charge in [-0.05, 0) is 66.2 Å². The molecule has 4 aromatic rings. The van der Waals surface area contributed by atoms with E-state index >= 15 is 0 Å². The summed E-state index contributed by atoms with van der Waals surface area (Å²) in [6.45, 7) is -0.334. The van der Waals surface area contributed by atoms with Crippen LogP contribution in [0.1, 0.15) is 15.9 Å². The number of benzene rings is 4. The highest BCUT2D eigenvalue weighted by molar-refractivity contribution is 5.95. The monoisotopic (exact) mass is 480 g/mol. The van der Waals surface area contributed by atoms with Gasteiger partial charge in [-0.25, -0.2) is 10.9 Å². The SMILES string of the molecule is O=C(COc1ccc(C(=O)N/N=C/c2ccc(N(c3ccccc3)c3ccccc3)cc2)cc1)NO. The average molecular weight is 481 g/mol. The number of para-hydroxylation sites is 2. The summed E-state index contributed by atoms with van der Waals surface area (Å²) in [5.41, 5.74) is 8.26. The number of rotatable bonds is 9. The molecule has 0 fully saturated rings. The smallest absolute Gasteiger partial charge is 0.281 e. The molecule has 0 saturated heterocycles. The number of carbonyl (C=O) groups excluding carboxylic acids is 2. The van der Waals surface area contributed by atoms with Crippen molar-refractivity contribution in [1.82, 2.24) is 10.9 Å². The number of hydrogen-bond donors (Lipinski definition) is 3. The highest BCUT2D eigenvalue weighted by Crippen LogP contribution is 2.33. The molecule has 0 aliphatic heterocycles. The third-order valence-corrected chi connectivity index (χ3v) is 5.17.